The third-order valence-electron chi connectivity index (χ3n) is 4.76. The van der Waals surface area contributed by atoms with Gasteiger partial charge in [-0.25, -0.2) is 10.1 Å². The molecule has 8 nitrogen and oxygen atoms in total. The van der Waals surface area contributed by atoms with Gasteiger partial charge in [-0.3, -0.25) is 4.79 Å². The summed E-state index contributed by atoms with van der Waals surface area (Å²) in [6.07, 6.45) is 3.36. The van der Waals surface area contributed by atoms with Crippen molar-refractivity contribution in [3.8, 4) is 28.6 Å². The van der Waals surface area contributed by atoms with Crippen LogP contribution in [0.3, 0.4) is 0 Å². The lowest BCUT2D eigenvalue weighted by atomic mass is 10.2. The van der Waals surface area contributed by atoms with E-state index in [-0.39, 0.29) is 0 Å². The van der Waals surface area contributed by atoms with Crippen molar-refractivity contribution < 1.29 is 18.7 Å². The smallest absolute Gasteiger partial charge is 0.275 e. The minimum atomic E-state index is -0.411. The molecule has 2 aromatic carbocycles. The lowest BCUT2D eigenvalue weighted by Crippen LogP contribution is -2.18. The molecule has 0 saturated heterocycles. The summed E-state index contributed by atoms with van der Waals surface area (Å²) in [5.41, 5.74) is 5.07. The van der Waals surface area contributed by atoms with E-state index in [4.69, 9.17) is 13.9 Å². The van der Waals surface area contributed by atoms with Crippen LogP contribution < -0.4 is 14.9 Å². The van der Waals surface area contributed by atoms with E-state index in [1.807, 2.05) is 55.6 Å². The Labute approximate surface area is 185 Å². The number of aromatic nitrogens is 2. The number of carbonyl (C=O) groups is 1. The second-order valence-electron chi connectivity index (χ2n) is 6.89. The molecule has 0 saturated carbocycles. The average Bonchev–Trinajstić information content (AvgIpc) is 3.45. The van der Waals surface area contributed by atoms with Gasteiger partial charge in [0.25, 0.3) is 5.91 Å². The fourth-order valence-electron chi connectivity index (χ4n) is 3.15. The molecule has 0 fully saturated rings. The third-order valence-corrected chi connectivity index (χ3v) is 4.76. The molecule has 0 aliphatic heterocycles. The minimum absolute atomic E-state index is 0.340. The van der Waals surface area contributed by atoms with E-state index >= 15 is 0 Å². The summed E-state index contributed by atoms with van der Waals surface area (Å²) in [6.45, 7) is 1.87. The zero-order chi connectivity index (χ0) is 22.5. The van der Waals surface area contributed by atoms with E-state index < -0.39 is 5.91 Å². The standard InChI is InChI=1S/C24H22N4O4/c1-16-9-12-21(32-16)23-17(15-28(27-23)18-7-5-4-6-8-18)14-25-26-24(29)20-11-10-19(30-2)13-22(20)31-3/h4-15H,1-3H3,(H,26,29). The zero-order valence-corrected chi connectivity index (χ0v) is 17.9. The normalized spacial score (nSPS) is 11.0. The van der Waals surface area contributed by atoms with Gasteiger partial charge in [0.05, 0.1) is 31.7 Å². The lowest BCUT2D eigenvalue weighted by molar-refractivity contribution is 0.0952. The summed E-state index contributed by atoms with van der Waals surface area (Å²) in [6, 6.07) is 18.4. The number of amides is 1. The SMILES string of the molecule is COc1ccc(C(=O)NN=Cc2cn(-c3ccccc3)nc2-c2ccc(C)o2)c(OC)c1. The molecule has 0 unspecified atom stereocenters. The van der Waals surface area contributed by atoms with Crippen molar-refractivity contribution in [2.75, 3.05) is 14.2 Å². The summed E-state index contributed by atoms with van der Waals surface area (Å²) in [5, 5.41) is 8.78. The Morgan fingerprint density at radius 3 is 2.59 bits per heavy atom. The monoisotopic (exact) mass is 430 g/mol. The first-order chi connectivity index (χ1) is 15.6. The Morgan fingerprint density at radius 2 is 1.91 bits per heavy atom. The number of nitrogens with one attached hydrogen (secondary N) is 1. The minimum Gasteiger partial charge on any atom is -0.497 e. The fraction of sp³-hybridized carbons (Fsp3) is 0.125. The van der Waals surface area contributed by atoms with Gasteiger partial charge >= 0.3 is 0 Å². The van der Waals surface area contributed by atoms with Crippen molar-refractivity contribution >= 4 is 12.1 Å². The van der Waals surface area contributed by atoms with Gasteiger partial charge in [-0.2, -0.15) is 10.2 Å². The summed E-state index contributed by atoms with van der Waals surface area (Å²) >= 11 is 0. The number of benzene rings is 2. The third kappa shape index (κ3) is 4.39. The Balaban J connectivity index is 1.61. The molecule has 4 aromatic rings. The number of hydrogen-bond acceptors (Lipinski definition) is 6. The number of hydrazone groups is 1. The molecule has 1 N–H and O–H groups in total. The predicted octanol–water partition coefficient (Wildman–Crippen LogP) is 4.22. The Morgan fingerprint density at radius 1 is 1.09 bits per heavy atom. The number of methoxy groups -OCH3 is 2. The molecule has 162 valence electrons. The lowest BCUT2D eigenvalue weighted by Gasteiger charge is -2.08. The first-order valence-electron chi connectivity index (χ1n) is 9.86. The number of hydrogen-bond donors (Lipinski definition) is 1. The maximum absolute atomic E-state index is 12.6. The molecule has 0 bridgehead atoms. The molecule has 0 spiro atoms. The number of para-hydroxylation sites is 1. The van der Waals surface area contributed by atoms with E-state index in [9.17, 15) is 4.79 Å². The molecule has 2 heterocycles. The molecule has 0 atom stereocenters. The van der Waals surface area contributed by atoms with E-state index in [1.54, 1.807) is 30.0 Å². The topological polar surface area (TPSA) is 90.9 Å². The van der Waals surface area contributed by atoms with Crippen LogP contribution >= 0.6 is 0 Å². The number of nitrogens with zero attached hydrogens (tertiary/aromatic N) is 3. The van der Waals surface area contributed by atoms with Crippen LogP contribution in [0.15, 0.2) is 76.4 Å². The first kappa shape index (κ1) is 20.9. The van der Waals surface area contributed by atoms with Crippen LogP contribution in [0.25, 0.3) is 17.1 Å². The summed E-state index contributed by atoms with van der Waals surface area (Å²) in [7, 11) is 3.04. The molecule has 4 rings (SSSR count). The Bertz CT molecular complexity index is 1260. The van der Waals surface area contributed by atoms with E-state index in [0.717, 1.165) is 11.4 Å². The van der Waals surface area contributed by atoms with Gasteiger partial charge in [-0.15, -0.1) is 0 Å². The van der Waals surface area contributed by atoms with Crippen LogP contribution in [-0.4, -0.2) is 36.1 Å². The van der Waals surface area contributed by atoms with Crippen LogP contribution in [0.4, 0.5) is 0 Å². The number of ether oxygens (including phenoxy) is 2. The second kappa shape index (κ2) is 9.22. The van der Waals surface area contributed by atoms with Gasteiger partial charge in [-0.05, 0) is 43.3 Å². The van der Waals surface area contributed by atoms with Crippen molar-refractivity contribution in [1.82, 2.24) is 15.2 Å². The van der Waals surface area contributed by atoms with E-state index in [1.165, 1.54) is 13.3 Å². The molecular weight excluding hydrogens is 408 g/mol. The van der Waals surface area contributed by atoms with Crippen LogP contribution in [0, 0.1) is 6.92 Å². The summed E-state index contributed by atoms with van der Waals surface area (Å²) in [5.74, 6) is 1.96. The van der Waals surface area contributed by atoms with Crippen molar-refractivity contribution in [3.05, 3.63) is 83.7 Å². The van der Waals surface area contributed by atoms with Gasteiger partial charge in [-0.1, -0.05) is 18.2 Å². The Hall–Kier alpha value is -4.33. The maximum Gasteiger partial charge on any atom is 0.275 e. The fourth-order valence-corrected chi connectivity index (χ4v) is 3.15. The Kier molecular flexibility index (Phi) is 6.03. The quantitative estimate of drug-likeness (QED) is 0.350. The average molecular weight is 430 g/mol. The number of carbonyl (C=O) groups excluding carboxylic acids is 1. The molecular formula is C24H22N4O4. The molecule has 1 amide bonds. The van der Waals surface area contributed by atoms with Crippen molar-refractivity contribution in [2.45, 2.75) is 6.92 Å². The molecule has 0 aliphatic carbocycles. The maximum atomic E-state index is 12.6. The number of furan rings is 1. The zero-order valence-electron chi connectivity index (χ0n) is 17.9. The second-order valence-corrected chi connectivity index (χ2v) is 6.89. The van der Waals surface area contributed by atoms with Crippen LogP contribution in [0.2, 0.25) is 0 Å². The van der Waals surface area contributed by atoms with Gasteiger partial charge in [0.1, 0.15) is 23.0 Å². The van der Waals surface area contributed by atoms with Crippen molar-refractivity contribution in [1.29, 1.82) is 0 Å². The number of aryl methyl sites for hydroxylation is 1. The van der Waals surface area contributed by atoms with Gasteiger partial charge < -0.3 is 13.9 Å². The van der Waals surface area contributed by atoms with Crippen molar-refractivity contribution in [2.24, 2.45) is 5.10 Å². The van der Waals surface area contributed by atoms with Crippen LogP contribution in [0.5, 0.6) is 11.5 Å². The highest BCUT2D eigenvalue weighted by molar-refractivity contribution is 5.98. The first-order valence-corrected chi connectivity index (χ1v) is 9.86. The molecule has 0 radical (unpaired) electrons. The largest absolute Gasteiger partial charge is 0.497 e. The molecule has 8 heteroatoms. The molecule has 2 aromatic heterocycles. The summed E-state index contributed by atoms with van der Waals surface area (Å²) in [4.78, 5) is 12.6. The highest BCUT2D eigenvalue weighted by Gasteiger charge is 2.15. The van der Waals surface area contributed by atoms with Crippen molar-refractivity contribution in [3.63, 3.8) is 0 Å². The van der Waals surface area contributed by atoms with Gasteiger partial charge in [0, 0.05) is 17.8 Å². The van der Waals surface area contributed by atoms with E-state index in [2.05, 4.69) is 15.6 Å². The van der Waals surface area contributed by atoms with Crippen LogP contribution in [-0.2, 0) is 0 Å². The highest BCUT2D eigenvalue weighted by Crippen LogP contribution is 2.26. The molecule has 0 aliphatic rings. The van der Waals surface area contributed by atoms with Crippen LogP contribution in [0.1, 0.15) is 21.7 Å². The predicted molar refractivity (Wildman–Crippen MR) is 121 cm³/mol. The number of rotatable bonds is 7. The molecule has 32 heavy (non-hydrogen) atoms. The van der Waals surface area contributed by atoms with Gasteiger partial charge in [0.15, 0.2) is 5.76 Å². The van der Waals surface area contributed by atoms with Gasteiger partial charge in [0.2, 0.25) is 0 Å². The highest BCUT2D eigenvalue weighted by atomic mass is 16.5. The van der Waals surface area contributed by atoms with E-state index in [0.29, 0.717) is 34.1 Å². The summed E-state index contributed by atoms with van der Waals surface area (Å²) < 4.78 is 17.9.